The highest BCUT2D eigenvalue weighted by Crippen LogP contribution is 1.92. The van der Waals surface area contributed by atoms with Crippen LogP contribution in [0.4, 0.5) is 0 Å². The zero-order valence-corrected chi connectivity index (χ0v) is 12.0. The minimum atomic E-state index is -0.575. The van der Waals surface area contributed by atoms with Crippen LogP contribution in [0.25, 0.3) is 0 Å². The second-order valence-corrected chi connectivity index (χ2v) is 4.89. The molecule has 0 aromatic carbocycles. The van der Waals surface area contributed by atoms with E-state index in [0.717, 1.165) is 52.0 Å². The molecule has 1 fully saturated rings. The van der Waals surface area contributed by atoms with Crippen molar-refractivity contribution in [2.75, 3.05) is 52.4 Å². The monoisotopic (exact) mass is 286 g/mol. The van der Waals surface area contributed by atoms with Gasteiger partial charge in [-0.2, -0.15) is 0 Å². The van der Waals surface area contributed by atoms with E-state index < -0.39 is 11.8 Å². The number of carbonyl (C=O) groups excluding carboxylic acids is 2. The van der Waals surface area contributed by atoms with Gasteiger partial charge in [-0.15, -0.1) is 0 Å². The highest BCUT2D eigenvalue weighted by atomic mass is 16.3. The first kappa shape index (κ1) is 16.9. The molecule has 116 valence electrons. The molecule has 0 spiro atoms. The third-order valence-electron chi connectivity index (χ3n) is 3.25. The van der Waals surface area contributed by atoms with Crippen molar-refractivity contribution in [2.24, 2.45) is 0 Å². The van der Waals surface area contributed by atoms with Gasteiger partial charge < -0.3 is 21.1 Å². The molecule has 20 heavy (non-hydrogen) atoms. The van der Waals surface area contributed by atoms with Gasteiger partial charge in [-0.25, -0.2) is 0 Å². The lowest BCUT2D eigenvalue weighted by molar-refractivity contribution is -0.139. The highest BCUT2D eigenvalue weighted by Gasteiger charge is 2.13. The van der Waals surface area contributed by atoms with E-state index in [2.05, 4.69) is 20.9 Å². The van der Waals surface area contributed by atoms with Crippen LogP contribution in [0, 0.1) is 0 Å². The number of nitrogens with one attached hydrogen (secondary N) is 3. The topological polar surface area (TPSA) is 93.7 Å². The molecular formula is C13H26N4O3. The van der Waals surface area contributed by atoms with Crippen LogP contribution in [0.2, 0.25) is 0 Å². The molecule has 1 rings (SSSR count). The van der Waals surface area contributed by atoms with Crippen LogP contribution >= 0.6 is 0 Å². The van der Waals surface area contributed by atoms with Crippen molar-refractivity contribution in [1.82, 2.24) is 20.9 Å². The molecule has 0 atom stereocenters. The molecule has 0 aromatic rings. The van der Waals surface area contributed by atoms with Gasteiger partial charge in [-0.3, -0.25) is 14.5 Å². The number of hydrogen-bond acceptors (Lipinski definition) is 5. The van der Waals surface area contributed by atoms with Crippen LogP contribution in [0.15, 0.2) is 0 Å². The van der Waals surface area contributed by atoms with Gasteiger partial charge in [0.05, 0.1) is 0 Å². The van der Waals surface area contributed by atoms with Gasteiger partial charge in [-0.1, -0.05) is 0 Å². The van der Waals surface area contributed by atoms with Crippen molar-refractivity contribution >= 4 is 11.8 Å². The number of hydrogen-bond donors (Lipinski definition) is 4. The van der Waals surface area contributed by atoms with E-state index in [0.29, 0.717) is 13.1 Å². The summed E-state index contributed by atoms with van der Waals surface area (Å²) in [5.41, 5.74) is 0. The lowest BCUT2D eigenvalue weighted by Gasteiger charge is -2.26. The minimum absolute atomic E-state index is 0.167. The fraction of sp³-hybridized carbons (Fsp3) is 0.846. The average Bonchev–Trinajstić information content (AvgIpc) is 2.47. The molecule has 7 nitrogen and oxygen atoms in total. The van der Waals surface area contributed by atoms with E-state index in [1.165, 1.54) is 0 Å². The first-order valence-electron chi connectivity index (χ1n) is 7.34. The summed E-state index contributed by atoms with van der Waals surface area (Å²) >= 11 is 0. The lowest BCUT2D eigenvalue weighted by Crippen LogP contribution is -2.47. The quantitative estimate of drug-likeness (QED) is 0.315. The first-order chi connectivity index (χ1) is 9.74. The lowest BCUT2D eigenvalue weighted by atomic mass is 10.2. The number of carbonyl (C=O) groups is 2. The van der Waals surface area contributed by atoms with Gasteiger partial charge in [0, 0.05) is 52.4 Å². The van der Waals surface area contributed by atoms with Gasteiger partial charge in [0.15, 0.2) is 0 Å². The number of nitrogens with zero attached hydrogens (tertiary/aromatic N) is 1. The molecule has 7 heteroatoms. The molecule has 1 aliphatic rings. The number of rotatable bonds is 8. The van der Waals surface area contributed by atoms with E-state index in [4.69, 9.17) is 5.11 Å². The van der Waals surface area contributed by atoms with Crippen LogP contribution in [-0.2, 0) is 9.59 Å². The van der Waals surface area contributed by atoms with Gasteiger partial charge >= 0.3 is 11.8 Å². The van der Waals surface area contributed by atoms with Crippen molar-refractivity contribution in [3.05, 3.63) is 0 Å². The van der Waals surface area contributed by atoms with Crippen LogP contribution < -0.4 is 16.0 Å². The van der Waals surface area contributed by atoms with Crippen LogP contribution in [0.5, 0.6) is 0 Å². The van der Waals surface area contributed by atoms with E-state index >= 15 is 0 Å². The third-order valence-corrected chi connectivity index (χ3v) is 3.25. The Labute approximate surface area is 120 Å². The van der Waals surface area contributed by atoms with E-state index in [1.54, 1.807) is 0 Å². The summed E-state index contributed by atoms with van der Waals surface area (Å²) in [6.07, 6.45) is 2.36. The maximum absolute atomic E-state index is 11.5. The van der Waals surface area contributed by atoms with Crippen LogP contribution in [-0.4, -0.2) is 74.2 Å². The fourth-order valence-electron chi connectivity index (χ4n) is 2.04. The normalized spacial score (nSPS) is 15.8. The van der Waals surface area contributed by atoms with Crippen LogP contribution in [0.3, 0.4) is 0 Å². The molecule has 0 aliphatic carbocycles. The van der Waals surface area contributed by atoms with E-state index in [1.807, 2.05) is 0 Å². The zero-order valence-electron chi connectivity index (χ0n) is 12.0. The first-order valence-corrected chi connectivity index (χ1v) is 7.34. The second kappa shape index (κ2) is 10.6. The molecule has 0 unspecified atom stereocenters. The molecule has 0 aromatic heterocycles. The molecular weight excluding hydrogens is 260 g/mol. The fourth-order valence-corrected chi connectivity index (χ4v) is 2.04. The molecule has 0 bridgehead atoms. The Balaban J connectivity index is 2.01. The molecule has 1 saturated heterocycles. The highest BCUT2D eigenvalue weighted by molar-refractivity contribution is 6.35. The number of amides is 2. The van der Waals surface area contributed by atoms with Gasteiger partial charge in [-0.05, 0) is 19.3 Å². The van der Waals surface area contributed by atoms with Crippen molar-refractivity contribution in [1.29, 1.82) is 0 Å². The van der Waals surface area contributed by atoms with E-state index in [-0.39, 0.29) is 6.61 Å². The zero-order chi connectivity index (χ0) is 14.6. The molecule has 1 heterocycles. The number of piperazine rings is 1. The molecule has 4 N–H and O–H groups in total. The van der Waals surface area contributed by atoms with Gasteiger partial charge in [0.25, 0.3) is 0 Å². The Kier molecular flexibility index (Phi) is 8.93. The van der Waals surface area contributed by atoms with Crippen LogP contribution in [0.1, 0.15) is 19.3 Å². The summed E-state index contributed by atoms with van der Waals surface area (Å²) in [5, 5.41) is 17.1. The third kappa shape index (κ3) is 7.42. The Morgan fingerprint density at radius 1 is 1.00 bits per heavy atom. The van der Waals surface area contributed by atoms with Gasteiger partial charge in [0.1, 0.15) is 0 Å². The smallest absolute Gasteiger partial charge is 0.309 e. The largest absolute Gasteiger partial charge is 0.396 e. The van der Waals surface area contributed by atoms with Gasteiger partial charge in [0.2, 0.25) is 0 Å². The molecule has 2 amide bonds. The summed E-state index contributed by atoms with van der Waals surface area (Å²) < 4.78 is 0. The summed E-state index contributed by atoms with van der Waals surface area (Å²) in [4.78, 5) is 25.2. The van der Waals surface area contributed by atoms with Crippen molar-refractivity contribution in [3.8, 4) is 0 Å². The summed E-state index contributed by atoms with van der Waals surface area (Å²) in [5.74, 6) is -1.14. The molecule has 1 aliphatic heterocycles. The SMILES string of the molecule is O=C(NCCCCCO)C(=O)NCCN1CCNCC1. The maximum atomic E-state index is 11.5. The molecule has 0 radical (unpaired) electrons. The van der Waals surface area contributed by atoms with Crippen molar-refractivity contribution < 1.29 is 14.7 Å². The van der Waals surface area contributed by atoms with E-state index in [9.17, 15) is 9.59 Å². The Hall–Kier alpha value is -1.18. The Morgan fingerprint density at radius 2 is 1.65 bits per heavy atom. The second-order valence-electron chi connectivity index (χ2n) is 4.89. The minimum Gasteiger partial charge on any atom is -0.396 e. The summed E-state index contributed by atoms with van der Waals surface area (Å²) in [7, 11) is 0. The summed E-state index contributed by atoms with van der Waals surface area (Å²) in [6, 6.07) is 0. The average molecular weight is 286 g/mol. The predicted octanol–water partition coefficient (Wildman–Crippen LogP) is -1.71. The number of aliphatic hydroxyl groups excluding tert-OH is 1. The Morgan fingerprint density at radius 3 is 2.30 bits per heavy atom. The van der Waals surface area contributed by atoms with Crippen molar-refractivity contribution in [3.63, 3.8) is 0 Å². The Bertz CT molecular complexity index is 293. The number of aliphatic hydroxyl groups is 1. The predicted molar refractivity (Wildman–Crippen MR) is 76.3 cm³/mol. The number of unbranched alkanes of at least 4 members (excludes halogenated alkanes) is 2. The summed E-state index contributed by atoms with van der Waals surface area (Å²) in [6.45, 7) is 5.82. The maximum Gasteiger partial charge on any atom is 0.309 e. The van der Waals surface area contributed by atoms with Crippen molar-refractivity contribution in [2.45, 2.75) is 19.3 Å². The molecule has 0 saturated carbocycles. The standard InChI is InChI=1S/C13H26N4O3/c18-11-3-1-2-4-15-12(19)13(20)16-7-10-17-8-5-14-6-9-17/h14,18H,1-11H2,(H,15,19)(H,16,20).